The normalized spacial score (nSPS) is 10.3. The quantitative estimate of drug-likeness (QED) is 0.505. The summed E-state index contributed by atoms with van der Waals surface area (Å²) in [6.07, 6.45) is 0. The van der Waals surface area contributed by atoms with Gasteiger partial charge in [0.1, 0.15) is 11.4 Å². The fraction of sp³-hybridized carbons (Fsp3) is 0.316. The van der Waals surface area contributed by atoms with Crippen LogP contribution in [-0.2, 0) is 6.54 Å². The standard InChI is InChI=1S/C19H21FN2O6/c1-5-21(11-12-7-6-8-13(20)9-12)19(23)14-10-15(26-2)17(27-3)18(28-4)16(14)22(24)25/h6-10H,5,11H2,1-4H3. The molecule has 0 aliphatic carbocycles. The largest absolute Gasteiger partial charge is 0.493 e. The third-order valence-electron chi connectivity index (χ3n) is 4.15. The second-order valence-electron chi connectivity index (χ2n) is 5.75. The minimum atomic E-state index is -0.704. The van der Waals surface area contributed by atoms with Crippen LogP contribution in [0.4, 0.5) is 10.1 Å². The summed E-state index contributed by atoms with van der Waals surface area (Å²) in [7, 11) is 3.90. The van der Waals surface area contributed by atoms with E-state index in [1.807, 2.05) is 0 Å². The maximum atomic E-state index is 13.5. The zero-order chi connectivity index (χ0) is 20.8. The van der Waals surface area contributed by atoms with E-state index in [-0.39, 0.29) is 35.9 Å². The van der Waals surface area contributed by atoms with Crippen LogP contribution in [0.5, 0.6) is 17.2 Å². The van der Waals surface area contributed by atoms with Gasteiger partial charge in [-0.25, -0.2) is 4.39 Å². The molecule has 2 rings (SSSR count). The number of methoxy groups -OCH3 is 3. The predicted molar refractivity (Wildman–Crippen MR) is 99.6 cm³/mol. The average molecular weight is 392 g/mol. The molecule has 0 fully saturated rings. The van der Waals surface area contributed by atoms with Crippen molar-refractivity contribution in [1.29, 1.82) is 0 Å². The van der Waals surface area contributed by atoms with Crippen LogP contribution in [-0.4, -0.2) is 43.6 Å². The third kappa shape index (κ3) is 4.13. The number of rotatable bonds is 8. The Balaban J connectivity index is 2.57. The zero-order valence-corrected chi connectivity index (χ0v) is 16.0. The smallest absolute Gasteiger partial charge is 0.327 e. The van der Waals surface area contributed by atoms with E-state index in [9.17, 15) is 19.3 Å². The number of carbonyl (C=O) groups is 1. The topological polar surface area (TPSA) is 91.1 Å². The minimum Gasteiger partial charge on any atom is -0.493 e. The Bertz CT molecular complexity index is 887. The maximum absolute atomic E-state index is 13.5. The van der Waals surface area contributed by atoms with Crippen molar-refractivity contribution < 1.29 is 28.3 Å². The number of nitrogens with zero attached hydrogens (tertiary/aromatic N) is 2. The Labute approximate surface area is 161 Å². The molecule has 150 valence electrons. The van der Waals surface area contributed by atoms with Gasteiger partial charge in [-0.15, -0.1) is 0 Å². The lowest BCUT2D eigenvalue weighted by Gasteiger charge is -2.22. The number of carbonyl (C=O) groups excluding carboxylic acids is 1. The van der Waals surface area contributed by atoms with Gasteiger partial charge in [0.2, 0.25) is 11.5 Å². The molecule has 1 amide bonds. The zero-order valence-electron chi connectivity index (χ0n) is 16.0. The van der Waals surface area contributed by atoms with Crippen molar-refractivity contribution in [2.45, 2.75) is 13.5 Å². The lowest BCUT2D eigenvalue weighted by molar-refractivity contribution is -0.386. The molecule has 0 saturated carbocycles. The Morgan fingerprint density at radius 1 is 1.14 bits per heavy atom. The van der Waals surface area contributed by atoms with Gasteiger partial charge in [-0.3, -0.25) is 14.9 Å². The van der Waals surface area contributed by atoms with E-state index < -0.39 is 22.3 Å². The first-order valence-electron chi connectivity index (χ1n) is 8.38. The summed E-state index contributed by atoms with van der Waals surface area (Å²) in [6.45, 7) is 2.06. The van der Waals surface area contributed by atoms with Crippen molar-refractivity contribution in [1.82, 2.24) is 4.90 Å². The summed E-state index contributed by atoms with van der Waals surface area (Å²) in [5, 5.41) is 11.7. The van der Waals surface area contributed by atoms with Crippen molar-refractivity contribution in [3.05, 3.63) is 57.4 Å². The monoisotopic (exact) mass is 392 g/mol. The first-order chi connectivity index (χ1) is 13.4. The van der Waals surface area contributed by atoms with Crippen LogP contribution in [0.15, 0.2) is 30.3 Å². The summed E-state index contributed by atoms with van der Waals surface area (Å²) < 4.78 is 29.0. The van der Waals surface area contributed by atoms with Crippen LogP contribution < -0.4 is 14.2 Å². The third-order valence-corrected chi connectivity index (χ3v) is 4.15. The van der Waals surface area contributed by atoms with E-state index in [0.29, 0.717) is 5.56 Å². The Kier molecular flexibility index (Phi) is 6.75. The molecule has 2 aromatic carbocycles. The molecule has 0 radical (unpaired) electrons. The number of ether oxygens (including phenoxy) is 3. The Morgan fingerprint density at radius 3 is 2.32 bits per heavy atom. The summed E-state index contributed by atoms with van der Waals surface area (Å²) in [5.74, 6) is -1.12. The van der Waals surface area contributed by atoms with Crippen LogP contribution in [0, 0.1) is 15.9 Å². The van der Waals surface area contributed by atoms with Crippen molar-refractivity contribution >= 4 is 11.6 Å². The van der Waals surface area contributed by atoms with Crippen molar-refractivity contribution in [3.63, 3.8) is 0 Å². The molecule has 0 aromatic heterocycles. The number of amides is 1. The van der Waals surface area contributed by atoms with Gasteiger partial charge in [-0.05, 0) is 24.6 Å². The fourth-order valence-corrected chi connectivity index (χ4v) is 2.84. The van der Waals surface area contributed by atoms with E-state index in [2.05, 4.69) is 0 Å². The van der Waals surface area contributed by atoms with Crippen LogP contribution in [0.3, 0.4) is 0 Å². The van der Waals surface area contributed by atoms with Gasteiger partial charge in [-0.1, -0.05) is 12.1 Å². The van der Waals surface area contributed by atoms with Crippen LogP contribution >= 0.6 is 0 Å². The average Bonchev–Trinajstić information content (AvgIpc) is 2.69. The summed E-state index contributed by atoms with van der Waals surface area (Å²) >= 11 is 0. The first-order valence-corrected chi connectivity index (χ1v) is 8.38. The van der Waals surface area contributed by atoms with Gasteiger partial charge in [0.25, 0.3) is 5.91 Å². The van der Waals surface area contributed by atoms with Crippen molar-refractivity contribution in [2.24, 2.45) is 0 Å². The number of hydrogen-bond donors (Lipinski definition) is 0. The number of halogens is 1. The highest BCUT2D eigenvalue weighted by Gasteiger charge is 2.34. The molecule has 0 heterocycles. The molecule has 9 heteroatoms. The predicted octanol–water partition coefficient (Wildman–Crippen LogP) is 3.42. The highest BCUT2D eigenvalue weighted by Crippen LogP contribution is 2.46. The SMILES string of the molecule is CCN(Cc1cccc(F)c1)C(=O)c1cc(OC)c(OC)c(OC)c1[N+](=O)[O-]. The molecule has 0 spiro atoms. The molecule has 8 nitrogen and oxygen atoms in total. The molecule has 28 heavy (non-hydrogen) atoms. The number of benzene rings is 2. The molecule has 2 aromatic rings. The first kappa shape index (κ1) is 20.9. The van der Waals surface area contributed by atoms with E-state index in [4.69, 9.17) is 14.2 Å². The van der Waals surface area contributed by atoms with E-state index in [1.54, 1.807) is 13.0 Å². The molecule has 0 saturated heterocycles. The number of nitro benzene ring substituents is 1. The van der Waals surface area contributed by atoms with Crippen LogP contribution in [0.1, 0.15) is 22.8 Å². The fourth-order valence-electron chi connectivity index (χ4n) is 2.84. The summed E-state index contributed by atoms with van der Waals surface area (Å²) in [4.78, 5) is 25.5. The second-order valence-corrected chi connectivity index (χ2v) is 5.75. The molecule has 0 atom stereocenters. The van der Waals surface area contributed by atoms with Gasteiger partial charge >= 0.3 is 5.69 Å². The highest BCUT2D eigenvalue weighted by atomic mass is 19.1. The van der Waals surface area contributed by atoms with Crippen LogP contribution in [0.2, 0.25) is 0 Å². The van der Waals surface area contributed by atoms with Gasteiger partial charge in [0, 0.05) is 19.2 Å². The van der Waals surface area contributed by atoms with E-state index in [1.165, 1.54) is 50.5 Å². The molecule has 0 aliphatic rings. The van der Waals surface area contributed by atoms with Crippen molar-refractivity contribution in [2.75, 3.05) is 27.9 Å². The number of hydrogen-bond acceptors (Lipinski definition) is 6. The molecular weight excluding hydrogens is 371 g/mol. The lowest BCUT2D eigenvalue weighted by atomic mass is 10.1. The molecule has 0 N–H and O–H groups in total. The van der Waals surface area contributed by atoms with Crippen molar-refractivity contribution in [3.8, 4) is 17.2 Å². The van der Waals surface area contributed by atoms with Gasteiger partial charge in [0.15, 0.2) is 5.75 Å². The second kappa shape index (κ2) is 9.03. The number of nitro groups is 1. The lowest BCUT2D eigenvalue weighted by Crippen LogP contribution is -2.31. The summed E-state index contributed by atoms with van der Waals surface area (Å²) in [5.41, 5.74) is -0.175. The maximum Gasteiger partial charge on any atom is 0.327 e. The van der Waals surface area contributed by atoms with E-state index in [0.717, 1.165) is 0 Å². The van der Waals surface area contributed by atoms with E-state index >= 15 is 0 Å². The van der Waals surface area contributed by atoms with Crippen LogP contribution in [0.25, 0.3) is 0 Å². The summed E-state index contributed by atoms with van der Waals surface area (Å²) in [6, 6.07) is 7.05. The minimum absolute atomic E-state index is 0.0152. The Morgan fingerprint density at radius 2 is 1.82 bits per heavy atom. The van der Waals surface area contributed by atoms with Gasteiger partial charge in [-0.2, -0.15) is 0 Å². The van der Waals surface area contributed by atoms with Gasteiger partial charge in [0.05, 0.1) is 26.3 Å². The molecule has 0 bridgehead atoms. The molecule has 0 aliphatic heterocycles. The molecule has 0 unspecified atom stereocenters. The van der Waals surface area contributed by atoms with Gasteiger partial charge < -0.3 is 19.1 Å². The highest BCUT2D eigenvalue weighted by molar-refractivity contribution is 6.00. The Hall–Kier alpha value is -3.36. The molecular formula is C19H21FN2O6.